The molecule has 24 heavy (non-hydrogen) atoms. The van der Waals surface area contributed by atoms with Gasteiger partial charge < -0.3 is 4.74 Å². The Bertz CT molecular complexity index is 521. The quantitative estimate of drug-likeness (QED) is 0.247. The zero-order valence-electron chi connectivity index (χ0n) is 15.3. The van der Waals surface area contributed by atoms with E-state index in [1.165, 1.54) is 69.1 Å². The Hall–Kier alpha value is -0.0400. The van der Waals surface area contributed by atoms with Crippen molar-refractivity contribution in [3.8, 4) is 0 Å². The molecule has 0 amide bonds. The van der Waals surface area contributed by atoms with Crippen molar-refractivity contribution in [3.63, 3.8) is 0 Å². The molecule has 1 aromatic rings. The van der Waals surface area contributed by atoms with Crippen molar-refractivity contribution >= 4 is 35.8 Å². The topological polar surface area (TPSA) is 29.9 Å². The van der Waals surface area contributed by atoms with Crippen molar-refractivity contribution in [1.82, 2.24) is 9.78 Å². The summed E-state index contributed by atoms with van der Waals surface area (Å²) in [5.74, 6) is 0. The Balaban J connectivity index is 2.11. The first kappa shape index (κ1) is 22.0. The highest BCUT2D eigenvalue weighted by atomic mass is 32.2. The summed E-state index contributed by atoms with van der Waals surface area (Å²) >= 11 is 12.0. The highest BCUT2D eigenvalue weighted by Crippen LogP contribution is 2.19. The molecule has 0 aliphatic heterocycles. The van der Waals surface area contributed by atoms with E-state index in [0.717, 1.165) is 33.8 Å². The number of H-pyrrole nitrogens is 1. The number of hydrogen-bond acceptors (Lipinski definition) is 4. The molecule has 1 atom stereocenters. The summed E-state index contributed by atoms with van der Waals surface area (Å²) in [6, 6.07) is 0. The second-order valence-corrected chi connectivity index (χ2v) is 8.74. The molecule has 6 heteroatoms. The van der Waals surface area contributed by atoms with Crippen LogP contribution in [0.4, 0.5) is 0 Å². The molecule has 140 valence electrons. The Morgan fingerprint density at radius 1 is 0.917 bits per heavy atom. The summed E-state index contributed by atoms with van der Waals surface area (Å²) in [5, 5.41) is 3.14. The maximum absolute atomic E-state index is 6.06. The molecule has 0 saturated heterocycles. The van der Waals surface area contributed by atoms with Crippen LogP contribution in [0, 0.1) is 7.91 Å². The first-order chi connectivity index (χ1) is 11.7. The summed E-state index contributed by atoms with van der Waals surface area (Å²) < 4.78 is 9.48. The summed E-state index contributed by atoms with van der Waals surface area (Å²) in [4.78, 5) is 0. The van der Waals surface area contributed by atoms with Gasteiger partial charge in [0.2, 0.25) is 0 Å². The molecule has 0 saturated carbocycles. The molecule has 0 aromatic carbocycles. The minimum absolute atomic E-state index is 0.00835. The van der Waals surface area contributed by atoms with Crippen LogP contribution in [0.5, 0.6) is 0 Å². The van der Waals surface area contributed by atoms with Crippen LogP contribution in [-0.4, -0.2) is 16.4 Å². The largest absolute Gasteiger partial charge is 0.357 e. The fraction of sp³-hybridized carbons (Fsp3) is 0.889. The van der Waals surface area contributed by atoms with Crippen molar-refractivity contribution in [2.24, 2.45) is 0 Å². The number of nitrogens with zero attached hydrogens (tertiary/aromatic N) is 1. The number of aromatic amines is 1. The number of nitrogens with one attached hydrogen (secondary N) is 1. The normalized spacial score (nSPS) is 12.6. The van der Waals surface area contributed by atoms with E-state index in [1.807, 2.05) is 4.68 Å². The predicted molar refractivity (Wildman–Crippen MR) is 110 cm³/mol. The van der Waals surface area contributed by atoms with Gasteiger partial charge in [0.05, 0.1) is 0 Å². The molecule has 1 aromatic heterocycles. The fourth-order valence-electron chi connectivity index (χ4n) is 2.83. The van der Waals surface area contributed by atoms with E-state index in [9.17, 15) is 0 Å². The van der Waals surface area contributed by atoms with E-state index in [2.05, 4.69) is 18.9 Å². The first-order valence-corrected chi connectivity index (χ1v) is 11.3. The summed E-state index contributed by atoms with van der Waals surface area (Å²) in [6.45, 7) is 5.24. The fourth-order valence-corrected chi connectivity index (χ4v) is 4.30. The lowest BCUT2D eigenvalue weighted by Gasteiger charge is -2.18. The van der Waals surface area contributed by atoms with Gasteiger partial charge in [-0.2, -0.15) is 0 Å². The van der Waals surface area contributed by atoms with Crippen LogP contribution in [0.25, 0.3) is 0 Å². The van der Waals surface area contributed by atoms with Gasteiger partial charge in [0.1, 0.15) is 6.23 Å². The van der Waals surface area contributed by atoms with Gasteiger partial charge in [0.15, 0.2) is 7.91 Å². The Labute approximate surface area is 161 Å². The lowest BCUT2D eigenvalue weighted by Crippen LogP contribution is -2.15. The number of hydrogen-bond donors (Lipinski definition) is 1. The minimum atomic E-state index is 0.00835. The summed E-state index contributed by atoms with van der Waals surface area (Å²) in [7, 11) is 0. The van der Waals surface area contributed by atoms with E-state index in [1.54, 1.807) is 0 Å². The van der Waals surface area contributed by atoms with Crippen molar-refractivity contribution in [1.29, 1.82) is 0 Å². The van der Waals surface area contributed by atoms with E-state index < -0.39 is 0 Å². The Kier molecular flexibility index (Phi) is 13.0. The monoisotopic (exact) mass is 390 g/mol. The van der Waals surface area contributed by atoms with Gasteiger partial charge in [-0.15, -0.1) is 0 Å². The van der Waals surface area contributed by atoms with Crippen LogP contribution in [0.1, 0.15) is 97.1 Å². The maximum Gasteiger partial charge on any atom is 0.180 e. The Morgan fingerprint density at radius 3 is 2.00 bits per heavy atom. The third kappa shape index (κ3) is 9.44. The SMILES string of the molecule is CCCCCCCCCCCCOC(CCC)n1[nH]c(=S)sc1=S. The minimum Gasteiger partial charge on any atom is -0.357 e. The van der Waals surface area contributed by atoms with Gasteiger partial charge in [-0.3, -0.25) is 5.10 Å². The molecule has 0 aliphatic carbocycles. The third-order valence-corrected chi connectivity index (χ3v) is 5.66. The molecule has 1 rings (SSSR count). The molecular weight excluding hydrogens is 356 g/mol. The average molecular weight is 391 g/mol. The van der Waals surface area contributed by atoms with Crippen LogP contribution in [0.3, 0.4) is 0 Å². The van der Waals surface area contributed by atoms with Crippen LogP contribution in [0.2, 0.25) is 0 Å². The third-order valence-electron chi connectivity index (χ3n) is 4.22. The molecule has 1 heterocycles. The van der Waals surface area contributed by atoms with Gasteiger partial charge >= 0.3 is 0 Å². The number of unbranched alkanes of at least 4 members (excludes halogenated alkanes) is 9. The highest BCUT2D eigenvalue weighted by Gasteiger charge is 2.12. The molecule has 0 spiro atoms. The first-order valence-electron chi connectivity index (χ1n) is 9.62. The zero-order valence-corrected chi connectivity index (χ0v) is 17.8. The predicted octanol–water partition coefficient (Wildman–Crippen LogP) is 7.57. The standard InChI is InChI=1S/C18H34N2OS3/c1-3-5-6-7-8-9-10-11-12-13-15-21-16(14-4-2)20-18(23)24-17(22)19-20/h16H,3-15H2,1-2H3,(H,19,22). The second-order valence-electron chi connectivity index (χ2n) is 6.43. The summed E-state index contributed by atoms with van der Waals surface area (Å²) in [5.41, 5.74) is 0. The van der Waals surface area contributed by atoms with Crippen LogP contribution >= 0.6 is 35.8 Å². The molecular formula is C18H34N2OS3. The molecule has 0 radical (unpaired) electrons. The maximum atomic E-state index is 6.06. The number of rotatable bonds is 15. The molecule has 0 aliphatic rings. The zero-order chi connectivity index (χ0) is 17.6. The van der Waals surface area contributed by atoms with Gasteiger partial charge in [-0.05, 0) is 37.3 Å². The average Bonchev–Trinajstić information content (AvgIpc) is 2.90. The molecule has 0 fully saturated rings. The van der Waals surface area contributed by atoms with Crippen molar-refractivity contribution in [2.45, 2.75) is 97.1 Å². The molecule has 0 bridgehead atoms. The van der Waals surface area contributed by atoms with E-state index in [-0.39, 0.29) is 6.23 Å². The smallest absolute Gasteiger partial charge is 0.180 e. The van der Waals surface area contributed by atoms with Crippen LogP contribution in [-0.2, 0) is 4.74 Å². The molecule has 3 nitrogen and oxygen atoms in total. The highest BCUT2D eigenvalue weighted by molar-refractivity contribution is 7.75. The van der Waals surface area contributed by atoms with Gasteiger partial charge in [0.25, 0.3) is 0 Å². The van der Waals surface area contributed by atoms with Gasteiger partial charge in [-0.1, -0.05) is 89.4 Å². The van der Waals surface area contributed by atoms with Gasteiger partial charge in [0, 0.05) is 6.61 Å². The van der Waals surface area contributed by atoms with Crippen molar-refractivity contribution < 1.29 is 4.74 Å². The van der Waals surface area contributed by atoms with Crippen LogP contribution < -0.4 is 0 Å². The van der Waals surface area contributed by atoms with Crippen molar-refractivity contribution in [3.05, 3.63) is 7.91 Å². The lowest BCUT2D eigenvalue weighted by molar-refractivity contribution is -0.0148. The van der Waals surface area contributed by atoms with Gasteiger partial charge in [-0.25, -0.2) is 4.68 Å². The van der Waals surface area contributed by atoms with E-state index >= 15 is 0 Å². The van der Waals surface area contributed by atoms with E-state index in [4.69, 9.17) is 29.2 Å². The summed E-state index contributed by atoms with van der Waals surface area (Å²) in [6.07, 6.45) is 15.5. The second kappa shape index (κ2) is 14.2. The Morgan fingerprint density at radius 2 is 1.50 bits per heavy atom. The molecule has 1 N–H and O–H groups in total. The number of aromatic nitrogens is 2. The van der Waals surface area contributed by atoms with Crippen molar-refractivity contribution in [2.75, 3.05) is 6.61 Å². The van der Waals surface area contributed by atoms with Crippen LogP contribution in [0.15, 0.2) is 0 Å². The number of ether oxygens (including phenoxy) is 1. The van der Waals surface area contributed by atoms with E-state index in [0.29, 0.717) is 0 Å². The lowest BCUT2D eigenvalue weighted by atomic mass is 10.1. The molecule has 1 unspecified atom stereocenters.